The molecular formula is C25H26N2O4S. The van der Waals surface area contributed by atoms with Crippen LogP contribution in [0.3, 0.4) is 0 Å². The topological polar surface area (TPSA) is 66.9 Å². The lowest BCUT2D eigenvalue weighted by Crippen LogP contribution is -2.45. The van der Waals surface area contributed by atoms with Crippen LogP contribution in [-0.4, -0.2) is 38.3 Å². The lowest BCUT2D eigenvalue weighted by Gasteiger charge is -2.31. The molecule has 1 amide bonds. The quantitative estimate of drug-likeness (QED) is 0.571. The summed E-state index contributed by atoms with van der Waals surface area (Å²) in [5.41, 5.74) is 3.53. The van der Waals surface area contributed by atoms with Crippen LogP contribution in [0.2, 0.25) is 0 Å². The van der Waals surface area contributed by atoms with Crippen molar-refractivity contribution in [2.45, 2.75) is 25.3 Å². The SMILES string of the molecule is Cc1ccc(CN(CC(=O)N2CCOc3ccccc32)S(=O)(=O)c2ccc(C)cc2)cc1. The number of hydrogen-bond acceptors (Lipinski definition) is 4. The Balaban J connectivity index is 1.65. The van der Waals surface area contributed by atoms with Crippen molar-refractivity contribution in [1.82, 2.24) is 4.31 Å². The van der Waals surface area contributed by atoms with Crippen LogP contribution in [0.25, 0.3) is 0 Å². The third kappa shape index (κ3) is 4.69. The lowest BCUT2D eigenvalue weighted by molar-refractivity contribution is -0.119. The highest BCUT2D eigenvalue weighted by Gasteiger charge is 2.31. The predicted octanol–water partition coefficient (Wildman–Crippen LogP) is 3.92. The van der Waals surface area contributed by atoms with E-state index in [9.17, 15) is 13.2 Å². The zero-order valence-electron chi connectivity index (χ0n) is 18.2. The number of hydrogen-bond donors (Lipinski definition) is 0. The molecule has 0 radical (unpaired) electrons. The first-order chi connectivity index (χ1) is 15.3. The highest BCUT2D eigenvalue weighted by molar-refractivity contribution is 7.89. The largest absolute Gasteiger partial charge is 0.490 e. The zero-order chi connectivity index (χ0) is 22.7. The van der Waals surface area contributed by atoms with Gasteiger partial charge in [0.2, 0.25) is 15.9 Å². The van der Waals surface area contributed by atoms with E-state index in [2.05, 4.69) is 0 Å². The van der Waals surface area contributed by atoms with Crippen LogP contribution >= 0.6 is 0 Å². The van der Waals surface area contributed by atoms with E-state index >= 15 is 0 Å². The van der Waals surface area contributed by atoms with E-state index in [1.807, 2.05) is 62.4 Å². The number of amides is 1. The van der Waals surface area contributed by atoms with E-state index in [1.165, 1.54) is 4.31 Å². The fourth-order valence-corrected chi connectivity index (χ4v) is 5.02. The van der Waals surface area contributed by atoms with Crippen molar-refractivity contribution in [1.29, 1.82) is 0 Å². The Kier molecular flexibility index (Phi) is 6.30. The highest BCUT2D eigenvalue weighted by atomic mass is 32.2. The van der Waals surface area contributed by atoms with Gasteiger partial charge in [0, 0.05) is 6.54 Å². The Hall–Kier alpha value is -3.16. The fourth-order valence-electron chi connectivity index (χ4n) is 3.65. The number of aryl methyl sites for hydroxylation is 2. The van der Waals surface area contributed by atoms with Crippen LogP contribution in [0.4, 0.5) is 5.69 Å². The van der Waals surface area contributed by atoms with E-state index in [4.69, 9.17) is 4.74 Å². The van der Waals surface area contributed by atoms with Crippen molar-refractivity contribution >= 4 is 21.6 Å². The average Bonchev–Trinajstić information content (AvgIpc) is 2.80. The van der Waals surface area contributed by atoms with Crippen molar-refractivity contribution in [3.63, 3.8) is 0 Å². The second kappa shape index (κ2) is 9.14. The summed E-state index contributed by atoms with van der Waals surface area (Å²) in [5.74, 6) is 0.335. The Morgan fingerprint density at radius 1 is 0.938 bits per heavy atom. The third-order valence-corrected chi connectivity index (χ3v) is 7.29. The minimum absolute atomic E-state index is 0.105. The molecule has 0 spiro atoms. The molecule has 0 atom stereocenters. The van der Waals surface area contributed by atoms with Crippen LogP contribution in [0.5, 0.6) is 5.75 Å². The number of carbonyl (C=O) groups is 1. The molecule has 0 fully saturated rings. The maximum Gasteiger partial charge on any atom is 0.243 e. The van der Waals surface area contributed by atoms with E-state index < -0.39 is 10.0 Å². The summed E-state index contributed by atoms with van der Waals surface area (Å²) in [4.78, 5) is 15.1. The predicted molar refractivity (Wildman–Crippen MR) is 124 cm³/mol. The molecule has 166 valence electrons. The summed E-state index contributed by atoms with van der Waals surface area (Å²) < 4.78 is 33.9. The van der Waals surface area contributed by atoms with Crippen molar-refractivity contribution < 1.29 is 17.9 Å². The molecule has 0 saturated carbocycles. The minimum Gasteiger partial charge on any atom is -0.490 e. The van der Waals surface area contributed by atoms with Gasteiger partial charge in [-0.25, -0.2) is 8.42 Å². The summed E-state index contributed by atoms with van der Waals surface area (Å²) in [7, 11) is -3.88. The molecule has 7 heteroatoms. The Labute approximate surface area is 189 Å². The van der Waals surface area contributed by atoms with Gasteiger partial charge in [0.1, 0.15) is 12.4 Å². The second-order valence-electron chi connectivity index (χ2n) is 7.93. The summed E-state index contributed by atoms with van der Waals surface area (Å²) in [6.07, 6.45) is 0. The Morgan fingerprint density at radius 3 is 2.25 bits per heavy atom. The molecule has 1 heterocycles. The summed E-state index contributed by atoms with van der Waals surface area (Å²) in [6, 6.07) is 21.6. The number of anilines is 1. The molecule has 0 saturated heterocycles. The second-order valence-corrected chi connectivity index (χ2v) is 9.87. The first kappa shape index (κ1) is 22.0. The molecule has 0 N–H and O–H groups in total. The minimum atomic E-state index is -3.88. The molecule has 3 aromatic rings. The average molecular weight is 451 g/mol. The molecule has 0 unspecified atom stereocenters. The van der Waals surface area contributed by atoms with Gasteiger partial charge in [-0.05, 0) is 43.7 Å². The van der Waals surface area contributed by atoms with Gasteiger partial charge in [0.15, 0.2) is 0 Å². The normalized spacial score (nSPS) is 13.5. The number of benzene rings is 3. The van der Waals surface area contributed by atoms with Gasteiger partial charge in [0.05, 0.1) is 23.7 Å². The number of sulfonamides is 1. The van der Waals surface area contributed by atoms with Gasteiger partial charge in [-0.3, -0.25) is 4.79 Å². The van der Waals surface area contributed by atoms with E-state index in [0.29, 0.717) is 24.6 Å². The van der Waals surface area contributed by atoms with Crippen molar-refractivity contribution in [2.24, 2.45) is 0 Å². The van der Waals surface area contributed by atoms with Crippen LogP contribution in [0, 0.1) is 13.8 Å². The maximum absolute atomic E-state index is 13.5. The number of nitrogens with zero attached hydrogens (tertiary/aromatic N) is 2. The first-order valence-electron chi connectivity index (χ1n) is 10.5. The molecule has 1 aliphatic heterocycles. The van der Waals surface area contributed by atoms with Gasteiger partial charge in [0.25, 0.3) is 0 Å². The van der Waals surface area contributed by atoms with E-state index in [1.54, 1.807) is 29.2 Å². The number of ether oxygens (including phenoxy) is 1. The standard InChI is InChI=1S/C25H26N2O4S/c1-19-7-11-21(12-8-19)17-26(32(29,30)22-13-9-20(2)10-14-22)18-25(28)27-15-16-31-24-6-4-3-5-23(24)27/h3-14H,15-18H2,1-2H3. The van der Waals surface area contributed by atoms with Gasteiger partial charge in [-0.1, -0.05) is 59.7 Å². The summed E-state index contributed by atoms with van der Waals surface area (Å²) >= 11 is 0. The van der Waals surface area contributed by atoms with Crippen LogP contribution < -0.4 is 9.64 Å². The lowest BCUT2D eigenvalue weighted by atomic mass is 10.1. The molecule has 0 aliphatic carbocycles. The number of rotatable bonds is 6. The number of para-hydroxylation sites is 2. The van der Waals surface area contributed by atoms with Crippen LogP contribution in [-0.2, 0) is 21.4 Å². The number of carbonyl (C=O) groups excluding carboxylic acids is 1. The number of fused-ring (bicyclic) bond motifs is 1. The third-order valence-electron chi connectivity index (χ3n) is 5.48. The molecule has 3 aromatic carbocycles. The van der Waals surface area contributed by atoms with Gasteiger partial charge in [-0.2, -0.15) is 4.31 Å². The Morgan fingerprint density at radius 2 is 1.56 bits per heavy atom. The summed E-state index contributed by atoms with van der Waals surface area (Å²) in [6.45, 7) is 4.46. The summed E-state index contributed by atoms with van der Waals surface area (Å²) in [5, 5.41) is 0. The molecule has 0 bridgehead atoms. The van der Waals surface area contributed by atoms with Gasteiger partial charge in [-0.15, -0.1) is 0 Å². The highest BCUT2D eigenvalue weighted by Crippen LogP contribution is 2.31. The van der Waals surface area contributed by atoms with Crippen molar-refractivity contribution in [3.8, 4) is 5.75 Å². The molecular weight excluding hydrogens is 424 g/mol. The van der Waals surface area contributed by atoms with Gasteiger partial charge < -0.3 is 9.64 Å². The monoisotopic (exact) mass is 450 g/mol. The molecule has 6 nitrogen and oxygen atoms in total. The molecule has 4 rings (SSSR count). The molecule has 1 aliphatic rings. The van der Waals surface area contributed by atoms with E-state index in [0.717, 1.165) is 16.7 Å². The van der Waals surface area contributed by atoms with E-state index in [-0.39, 0.29) is 23.9 Å². The molecule has 0 aromatic heterocycles. The van der Waals surface area contributed by atoms with Crippen LogP contribution in [0.1, 0.15) is 16.7 Å². The fraction of sp³-hybridized carbons (Fsp3) is 0.240. The smallest absolute Gasteiger partial charge is 0.243 e. The maximum atomic E-state index is 13.5. The first-order valence-corrected chi connectivity index (χ1v) is 11.9. The van der Waals surface area contributed by atoms with Crippen molar-refractivity contribution in [2.75, 3.05) is 24.6 Å². The molecule has 32 heavy (non-hydrogen) atoms. The zero-order valence-corrected chi connectivity index (χ0v) is 19.0. The van der Waals surface area contributed by atoms with Crippen molar-refractivity contribution in [3.05, 3.63) is 89.5 Å². The van der Waals surface area contributed by atoms with Crippen LogP contribution in [0.15, 0.2) is 77.7 Å². The Bertz CT molecular complexity index is 1210. The van der Waals surface area contributed by atoms with Gasteiger partial charge >= 0.3 is 0 Å².